The second-order valence-corrected chi connectivity index (χ2v) is 6.76. The molecular formula is C14H20N2O2S2. The molecular weight excluding hydrogens is 292 g/mol. The summed E-state index contributed by atoms with van der Waals surface area (Å²) in [5.41, 5.74) is 0. The van der Waals surface area contributed by atoms with Crippen molar-refractivity contribution >= 4 is 32.1 Å². The SMILES string of the molecule is OCCN(CCO)CCCN=c1sc2ccccc2s1. The zero-order chi connectivity index (χ0) is 14.2. The number of rotatable bonds is 8. The van der Waals surface area contributed by atoms with E-state index < -0.39 is 0 Å². The molecule has 4 nitrogen and oxygen atoms in total. The van der Waals surface area contributed by atoms with Gasteiger partial charge in [-0.15, -0.1) is 22.7 Å². The summed E-state index contributed by atoms with van der Waals surface area (Å²) < 4.78 is 3.69. The number of nitrogens with zero attached hydrogens (tertiary/aromatic N) is 2. The Hall–Kier alpha value is -0.790. The predicted molar refractivity (Wildman–Crippen MR) is 85.4 cm³/mol. The van der Waals surface area contributed by atoms with Gasteiger partial charge in [0.1, 0.15) is 0 Å². The first-order valence-electron chi connectivity index (χ1n) is 6.76. The van der Waals surface area contributed by atoms with Crippen LogP contribution in [0.25, 0.3) is 9.40 Å². The van der Waals surface area contributed by atoms with Crippen LogP contribution in [0, 0.1) is 0 Å². The van der Waals surface area contributed by atoms with Crippen molar-refractivity contribution in [1.82, 2.24) is 4.90 Å². The van der Waals surface area contributed by atoms with Crippen molar-refractivity contribution in [3.63, 3.8) is 0 Å². The van der Waals surface area contributed by atoms with E-state index in [1.165, 1.54) is 9.40 Å². The summed E-state index contributed by atoms with van der Waals surface area (Å²) in [6.45, 7) is 3.15. The smallest absolute Gasteiger partial charge is 0.167 e. The molecule has 1 heterocycles. The van der Waals surface area contributed by atoms with E-state index in [0.29, 0.717) is 13.1 Å². The molecule has 0 radical (unpaired) electrons. The first-order chi connectivity index (χ1) is 9.83. The van der Waals surface area contributed by atoms with Gasteiger partial charge in [-0.25, -0.2) is 0 Å². The summed E-state index contributed by atoms with van der Waals surface area (Å²) in [5, 5.41) is 17.9. The van der Waals surface area contributed by atoms with Gasteiger partial charge in [-0.1, -0.05) is 12.1 Å². The molecule has 2 N–H and O–H groups in total. The van der Waals surface area contributed by atoms with Gasteiger partial charge in [0.05, 0.1) is 13.2 Å². The summed E-state index contributed by atoms with van der Waals surface area (Å²) in [4.78, 5) is 6.68. The minimum atomic E-state index is 0.134. The van der Waals surface area contributed by atoms with Crippen LogP contribution in [0.3, 0.4) is 0 Å². The largest absolute Gasteiger partial charge is 0.395 e. The molecule has 2 aromatic rings. The van der Waals surface area contributed by atoms with Gasteiger partial charge in [0.2, 0.25) is 0 Å². The number of hydrogen-bond acceptors (Lipinski definition) is 6. The van der Waals surface area contributed by atoms with Gasteiger partial charge in [-0.2, -0.15) is 0 Å². The van der Waals surface area contributed by atoms with Gasteiger partial charge < -0.3 is 10.2 Å². The van der Waals surface area contributed by atoms with E-state index in [2.05, 4.69) is 34.2 Å². The lowest BCUT2D eigenvalue weighted by Crippen LogP contribution is -2.31. The van der Waals surface area contributed by atoms with Crippen LogP contribution in [0.5, 0.6) is 0 Å². The van der Waals surface area contributed by atoms with Gasteiger partial charge in [-0.05, 0) is 18.6 Å². The average molecular weight is 312 g/mol. The molecule has 2 rings (SSSR count). The fourth-order valence-electron chi connectivity index (χ4n) is 1.98. The van der Waals surface area contributed by atoms with Crippen LogP contribution in [-0.2, 0) is 0 Å². The lowest BCUT2D eigenvalue weighted by Gasteiger charge is -2.19. The standard InChI is InChI=1S/C14H20N2O2S2/c17-10-8-16(9-11-18)7-3-6-15-14-19-12-4-1-2-5-13(12)20-14/h1-2,4-5,17-18H,3,6-11H2. The maximum atomic E-state index is 8.94. The van der Waals surface area contributed by atoms with Gasteiger partial charge in [0.15, 0.2) is 3.98 Å². The van der Waals surface area contributed by atoms with Crippen molar-refractivity contribution in [2.45, 2.75) is 6.42 Å². The van der Waals surface area contributed by atoms with E-state index in [1.54, 1.807) is 22.7 Å². The van der Waals surface area contributed by atoms with E-state index in [4.69, 9.17) is 10.2 Å². The minimum Gasteiger partial charge on any atom is -0.395 e. The highest BCUT2D eigenvalue weighted by molar-refractivity contribution is 7.35. The second-order valence-electron chi connectivity index (χ2n) is 4.44. The molecule has 6 heteroatoms. The van der Waals surface area contributed by atoms with Crippen molar-refractivity contribution in [1.29, 1.82) is 0 Å². The van der Waals surface area contributed by atoms with Crippen molar-refractivity contribution in [2.24, 2.45) is 4.99 Å². The number of fused-ring (bicyclic) bond motifs is 1. The first kappa shape index (κ1) is 15.6. The monoisotopic (exact) mass is 312 g/mol. The Morgan fingerprint density at radius 2 is 1.55 bits per heavy atom. The van der Waals surface area contributed by atoms with Crippen LogP contribution in [0.4, 0.5) is 0 Å². The third-order valence-electron chi connectivity index (χ3n) is 2.95. The average Bonchev–Trinajstić information content (AvgIpc) is 2.86. The predicted octanol–water partition coefficient (Wildman–Crippen LogP) is 1.54. The number of hydrogen-bond donors (Lipinski definition) is 2. The van der Waals surface area contributed by atoms with Gasteiger partial charge in [-0.3, -0.25) is 9.89 Å². The summed E-state index contributed by atoms with van der Waals surface area (Å²) in [6.07, 6.45) is 0.945. The van der Waals surface area contributed by atoms with Crippen LogP contribution >= 0.6 is 22.7 Å². The Morgan fingerprint density at radius 1 is 0.950 bits per heavy atom. The summed E-state index contributed by atoms with van der Waals surface area (Å²) in [7, 11) is 0. The van der Waals surface area contributed by atoms with Crippen LogP contribution in [0.1, 0.15) is 6.42 Å². The minimum absolute atomic E-state index is 0.134. The zero-order valence-corrected chi connectivity index (χ0v) is 13.0. The molecule has 0 bridgehead atoms. The number of aliphatic hydroxyl groups is 2. The summed E-state index contributed by atoms with van der Waals surface area (Å²) >= 11 is 3.47. The van der Waals surface area contributed by atoms with E-state index in [9.17, 15) is 0 Å². The van der Waals surface area contributed by atoms with Gasteiger partial charge in [0.25, 0.3) is 0 Å². The Bertz CT molecular complexity index is 538. The van der Waals surface area contributed by atoms with E-state index >= 15 is 0 Å². The highest BCUT2D eigenvalue weighted by Crippen LogP contribution is 2.20. The Balaban J connectivity index is 1.86. The zero-order valence-electron chi connectivity index (χ0n) is 11.4. The van der Waals surface area contributed by atoms with E-state index in [1.807, 2.05) is 0 Å². The molecule has 20 heavy (non-hydrogen) atoms. The second kappa shape index (κ2) is 8.49. The molecule has 0 aliphatic rings. The fourth-order valence-corrected chi connectivity index (χ4v) is 4.25. The van der Waals surface area contributed by atoms with Crippen molar-refractivity contribution in [3.05, 3.63) is 28.3 Å². The molecule has 0 unspecified atom stereocenters. The number of benzene rings is 1. The Morgan fingerprint density at radius 3 is 2.10 bits per heavy atom. The van der Waals surface area contributed by atoms with Crippen LogP contribution in [0.15, 0.2) is 29.3 Å². The lowest BCUT2D eigenvalue weighted by molar-refractivity contribution is 0.160. The third kappa shape index (κ3) is 4.64. The van der Waals surface area contributed by atoms with Crippen molar-refractivity contribution < 1.29 is 10.2 Å². The van der Waals surface area contributed by atoms with Crippen LogP contribution in [0.2, 0.25) is 0 Å². The molecule has 0 amide bonds. The molecule has 0 aliphatic carbocycles. The van der Waals surface area contributed by atoms with Crippen LogP contribution in [-0.4, -0.2) is 54.5 Å². The third-order valence-corrected chi connectivity index (χ3v) is 5.34. The highest BCUT2D eigenvalue weighted by atomic mass is 32.2. The Labute approximate surface area is 126 Å². The van der Waals surface area contributed by atoms with Crippen molar-refractivity contribution in [2.75, 3.05) is 39.4 Å². The highest BCUT2D eigenvalue weighted by Gasteiger charge is 2.02. The van der Waals surface area contributed by atoms with Gasteiger partial charge in [0, 0.05) is 35.6 Å². The molecule has 0 atom stereocenters. The normalized spacial score (nSPS) is 11.3. The fraction of sp³-hybridized carbons (Fsp3) is 0.500. The quantitative estimate of drug-likeness (QED) is 0.727. The number of aliphatic hydroxyl groups excluding tert-OH is 2. The summed E-state index contributed by atoms with van der Waals surface area (Å²) in [5.74, 6) is 0. The molecule has 0 aliphatic heterocycles. The molecule has 1 aromatic carbocycles. The molecule has 110 valence electrons. The van der Waals surface area contributed by atoms with Gasteiger partial charge >= 0.3 is 0 Å². The van der Waals surface area contributed by atoms with E-state index in [-0.39, 0.29) is 13.2 Å². The molecule has 1 aromatic heterocycles. The van der Waals surface area contributed by atoms with Crippen LogP contribution < -0.4 is 3.98 Å². The Kier molecular flexibility index (Phi) is 6.62. The molecule has 0 fully saturated rings. The molecule has 0 saturated heterocycles. The summed E-state index contributed by atoms with van der Waals surface area (Å²) in [6, 6.07) is 8.35. The lowest BCUT2D eigenvalue weighted by atomic mass is 10.3. The molecule has 0 saturated carbocycles. The van der Waals surface area contributed by atoms with E-state index in [0.717, 1.165) is 23.5 Å². The maximum absolute atomic E-state index is 8.94. The maximum Gasteiger partial charge on any atom is 0.167 e. The molecule has 0 spiro atoms. The topological polar surface area (TPSA) is 56.1 Å². The first-order valence-corrected chi connectivity index (χ1v) is 8.40. The van der Waals surface area contributed by atoms with Crippen molar-refractivity contribution in [3.8, 4) is 0 Å².